The standard InChI is InChI=1S/C19H21F2N7/c20-19(21)8-14(19)13-10-24-18-16(13)17(25-11-26-18)23-9-12-2-1-3-15(27-12)28-6-4-22-5-7-28/h1-3,10-11,14,22H,4-9H2,(H2,23,24,25,26)/t14-/m0/s1. The molecule has 4 heterocycles. The number of piperazine rings is 1. The maximum absolute atomic E-state index is 13.6. The summed E-state index contributed by atoms with van der Waals surface area (Å²) in [6.07, 6.45) is 2.93. The van der Waals surface area contributed by atoms with Crippen molar-refractivity contribution in [1.29, 1.82) is 0 Å². The van der Waals surface area contributed by atoms with Crippen LogP contribution in [0.3, 0.4) is 0 Å². The Morgan fingerprint density at radius 3 is 2.82 bits per heavy atom. The lowest BCUT2D eigenvalue weighted by Gasteiger charge is -2.28. The minimum Gasteiger partial charge on any atom is -0.364 e. The van der Waals surface area contributed by atoms with Gasteiger partial charge in [-0.1, -0.05) is 6.07 Å². The molecule has 146 valence electrons. The molecule has 0 radical (unpaired) electrons. The number of fused-ring (bicyclic) bond motifs is 1. The van der Waals surface area contributed by atoms with Crippen molar-refractivity contribution in [3.05, 3.63) is 42.0 Å². The Bertz CT molecular complexity index is 997. The van der Waals surface area contributed by atoms with Gasteiger partial charge >= 0.3 is 0 Å². The van der Waals surface area contributed by atoms with Gasteiger partial charge in [-0.25, -0.2) is 23.7 Å². The average molecular weight is 385 g/mol. The van der Waals surface area contributed by atoms with E-state index in [-0.39, 0.29) is 6.42 Å². The Morgan fingerprint density at radius 2 is 2.04 bits per heavy atom. The van der Waals surface area contributed by atoms with Crippen LogP contribution in [0.4, 0.5) is 20.4 Å². The van der Waals surface area contributed by atoms with E-state index in [9.17, 15) is 8.78 Å². The average Bonchev–Trinajstić information content (AvgIpc) is 3.15. The van der Waals surface area contributed by atoms with Crippen molar-refractivity contribution < 1.29 is 8.78 Å². The second-order valence-corrected chi connectivity index (χ2v) is 7.29. The van der Waals surface area contributed by atoms with Gasteiger partial charge in [0.2, 0.25) is 0 Å². The topological polar surface area (TPSA) is 81.8 Å². The van der Waals surface area contributed by atoms with E-state index in [1.807, 2.05) is 18.2 Å². The first-order chi connectivity index (χ1) is 13.6. The Hall–Kier alpha value is -2.81. The van der Waals surface area contributed by atoms with Crippen LogP contribution in [0, 0.1) is 0 Å². The molecule has 9 heteroatoms. The Morgan fingerprint density at radius 1 is 1.21 bits per heavy atom. The summed E-state index contributed by atoms with van der Waals surface area (Å²) in [6, 6.07) is 5.95. The van der Waals surface area contributed by atoms with E-state index in [4.69, 9.17) is 4.98 Å². The molecule has 0 bridgehead atoms. The van der Waals surface area contributed by atoms with Gasteiger partial charge in [-0.05, 0) is 17.7 Å². The van der Waals surface area contributed by atoms with E-state index in [0.717, 1.165) is 37.7 Å². The molecule has 2 aliphatic rings. The number of alkyl halides is 2. The molecule has 0 spiro atoms. The third kappa shape index (κ3) is 3.15. The first kappa shape index (κ1) is 17.3. The number of H-pyrrole nitrogens is 1. The summed E-state index contributed by atoms with van der Waals surface area (Å²) in [7, 11) is 0. The highest BCUT2D eigenvalue weighted by Crippen LogP contribution is 2.57. The number of pyridine rings is 1. The molecular formula is C19H21F2N7. The molecule has 1 atom stereocenters. The lowest BCUT2D eigenvalue weighted by Crippen LogP contribution is -2.43. The number of aromatic nitrogens is 4. The van der Waals surface area contributed by atoms with E-state index in [2.05, 4.69) is 30.5 Å². The van der Waals surface area contributed by atoms with Crippen molar-refractivity contribution in [2.24, 2.45) is 0 Å². The van der Waals surface area contributed by atoms with Gasteiger partial charge in [0.25, 0.3) is 5.92 Å². The fourth-order valence-electron chi connectivity index (χ4n) is 3.76. The van der Waals surface area contributed by atoms with Gasteiger partial charge in [0, 0.05) is 38.8 Å². The van der Waals surface area contributed by atoms with Crippen LogP contribution in [-0.2, 0) is 6.54 Å². The van der Waals surface area contributed by atoms with Crippen LogP contribution in [0.25, 0.3) is 11.0 Å². The highest BCUT2D eigenvalue weighted by Gasteiger charge is 2.58. The van der Waals surface area contributed by atoms with Crippen molar-refractivity contribution in [2.45, 2.75) is 24.8 Å². The largest absolute Gasteiger partial charge is 0.364 e. The number of aromatic amines is 1. The maximum Gasteiger partial charge on any atom is 0.256 e. The molecule has 1 aliphatic heterocycles. The molecule has 28 heavy (non-hydrogen) atoms. The third-order valence-corrected chi connectivity index (χ3v) is 5.37. The predicted molar refractivity (Wildman–Crippen MR) is 103 cm³/mol. The number of hydrogen-bond acceptors (Lipinski definition) is 6. The smallest absolute Gasteiger partial charge is 0.256 e. The van der Waals surface area contributed by atoms with Gasteiger partial charge in [0.1, 0.15) is 23.6 Å². The summed E-state index contributed by atoms with van der Waals surface area (Å²) >= 11 is 0. The second kappa shape index (κ2) is 6.66. The maximum atomic E-state index is 13.6. The van der Waals surface area contributed by atoms with Gasteiger partial charge in [-0.3, -0.25) is 0 Å². The summed E-state index contributed by atoms with van der Waals surface area (Å²) in [4.78, 5) is 18.4. The molecule has 1 saturated carbocycles. The fourth-order valence-corrected chi connectivity index (χ4v) is 3.76. The van der Waals surface area contributed by atoms with E-state index >= 15 is 0 Å². The zero-order valence-corrected chi connectivity index (χ0v) is 15.3. The highest BCUT2D eigenvalue weighted by molar-refractivity contribution is 5.91. The molecule has 3 aromatic rings. The Balaban J connectivity index is 1.37. The molecule has 0 amide bonds. The molecule has 5 rings (SSSR count). The van der Waals surface area contributed by atoms with Crippen molar-refractivity contribution in [3.8, 4) is 0 Å². The fraction of sp³-hybridized carbons (Fsp3) is 0.421. The van der Waals surface area contributed by atoms with Crippen molar-refractivity contribution in [3.63, 3.8) is 0 Å². The molecule has 7 nitrogen and oxygen atoms in total. The van der Waals surface area contributed by atoms with Gasteiger partial charge in [0.05, 0.1) is 23.5 Å². The van der Waals surface area contributed by atoms with E-state index in [1.165, 1.54) is 6.33 Å². The number of hydrogen-bond donors (Lipinski definition) is 3. The molecule has 1 aliphatic carbocycles. The number of halogens is 2. The molecule has 2 fully saturated rings. The van der Waals surface area contributed by atoms with Gasteiger partial charge in [-0.2, -0.15) is 0 Å². The van der Waals surface area contributed by atoms with Crippen LogP contribution >= 0.6 is 0 Å². The van der Waals surface area contributed by atoms with Crippen LogP contribution in [0.15, 0.2) is 30.7 Å². The van der Waals surface area contributed by atoms with E-state index < -0.39 is 11.8 Å². The SMILES string of the molecule is FC1(F)C[C@H]1c1c[nH]c2ncnc(NCc3cccc(N4CCNCC4)n3)c12. The Kier molecular flexibility index (Phi) is 4.12. The first-order valence-corrected chi connectivity index (χ1v) is 9.47. The summed E-state index contributed by atoms with van der Waals surface area (Å²) in [6.45, 7) is 4.21. The van der Waals surface area contributed by atoms with Gasteiger partial charge in [-0.15, -0.1) is 0 Å². The summed E-state index contributed by atoms with van der Waals surface area (Å²) in [5.74, 6) is -1.89. The van der Waals surface area contributed by atoms with Crippen LogP contribution in [0.1, 0.15) is 23.6 Å². The number of rotatable bonds is 5. The third-order valence-electron chi connectivity index (χ3n) is 5.37. The molecular weight excluding hydrogens is 364 g/mol. The summed E-state index contributed by atoms with van der Waals surface area (Å²) in [5, 5.41) is 7.24. The van der Waals surface area contributed by atoms with E-state index in [0.29, 0.717) is 29.0 Å². The number of nitrogens with one attached hydrogen (secondary N) is 3. The monoisotopic (exact) mass is 385 g/mol. The lowest BCUT2D eigenvalue weighted by molar-refractivity contribution is 0.112. The first-order valence-electron chi connectivity index (χ1n) is 9.47. The lowest BCUT2D eigenvalue weighted by atomic mass is 10.1. The second-order valence-electron chi connectivity index (χ2n) is 7.29. The molecule has 3 aromatic heterocycles. The zero-order chi connectivity index (χ0) is 19.1. The normalized spacial score (nSPS) is 21.1. The van der Waals surface area contributed by atoms with Crippen molar-refractivity contribution in [2.75, 3.05) is 36.4 Å². The Labute approximate surface area is 160 Å². The highest BCUT2D eigenvalue weighted by atomic mass is 19.3. The molecule has 1 saturated heterocycles. The summed E-state index contributed by atoms with van der Waals surface area (Å²) < 4.78 is 27.2. The minimum atomic E-state index is -2.64. The van der Waals surface area contributed by atoms with Crippen molar-refractivity contribution in [1.82, 2.24) is 25.3 Å². The van der Waals surface area contributed by atoms with Gasteiger partial charge < -0.3 is 20.5 Å². The van der Waals surface area contributed by atoms with Crippen LogP contribution in [0.2, 0.25) is 0 Å². The van der Waals surface area contributed by atoms with Gasteiger partial charge in [0.15, 0.2) is 0 Å². The predicted octanol–water partition coefficient (Wildman–Crippen LogP) is 2.50. The number of anilines is 2. The summed E-state index contributed by atoms with van der Waals surface area (Å²) in [5.41, 5.74) is 2.01. The molecule has 0 aromatic carbocycles. The van der Waals surface area contributed by atoms with Crippen molar-refractivity contribution >= 4 is 22.7 Å². The van der Waals surface area contributed by atoms with Crippen LogP contribution in [-0.4, -0.2) is 52.0 Å². The quantitative estimate of drug-likeness (QED) is 0.626. The molecule has 0 unspecified atom stereocenters. The van der Waals surface area contributed by atoms with Crippen LogP contribution < -0.4 is 15.5 Å². The van der Waals surface area contributed by atoms with Crippen LogP contribution in [0.5, 0.6) is 0 Å². The van der Waals surface area contributed by atoms with E-state index in [1.54, 1.807) is 6.20 Å². The molecule has 3 N–H and O–H groups in total. The number of nitrogens with zero attached hydrogens (tertiary/aromatic N) is 4. The zero-order valence-electron chi connectivity index (χ0n) is 15.3. The minimum absolute atomic E-state index is 0.122.